The second-order valence-corrected chi connectivity index (χ2v) is 3.83. The van der Waals surface area contributed by atoms with Crippen molar-refractivity contribution >= 4 is 5.91 Å². The Labute approximate surface area is 77.6 Å². The number of nitrogens with zero attached hydrogens (tertiary/aromatic N) is 2. The SMILES string of the molecule is N#CC=C1CN(C(=O)CC2CC2)C1. The summed E-state index contributed by atoms with van der Waals surface area (Å²) in [4.78, 5) is 13.3. The number of carbonyl (C=O) groups excluding carboxylic acids is 1. The molecule has 1 amide bonds. The summed E-state index contributed by atoms with van der Waals surface area (Å²) in [5.74, 6) is 0.925. The normalized spacial score (nSPS) is 20.5. The molecule has 2 rings (SSSR count). The molecule has 0 radical (unpaired) electrons. The van der Waals surface area contributed by atoms with Gasteiger partial charge in [-0.25, -0.2) is 0 Å². The third kappa shape index (κ3) is 1.89. The molecule has 1 heterocycles. The zero-order valence-corrected chi connectivity index (χ0v) is 7.49. The Kier molecular flexibility index (Phi) is 2.05. The van der Waals surface area contributed by atoms with Crippen LogP contribution in [0.1, 0.15) is 19.3 Å². The number of allylic oxidation sites excluding steroid dienone is 1. The molecule has 3 heteroatoms. The number of hydrogen-bond donors (Lipinski definition) is 0. The lowest BCUT2D eigenvalue weighted by atomic mass is 10.1. The molecule has 13 heavy (non-hydrogen) atoms. The Morgan fingerprint density at radius 3 is 2.85 bits per heavy atom. The zero-order valence-electron chi connectivity index (χ0n) is 7.49. The lowest BCUT2D eigenvalue weighted by Gasteiger charge is -2.33. The number of hydrogen-bond acceptors (Lipinski definition) is 2. The summed E-state index contributed by atoms with van der Waals surface area (Å²) >= 11 is 0. The Morgan fingerprint density at radius 1 is 1.62 bits per heavy atom. The van der Waals surface area contributed by atoms with Crippen LogP contribution in [0.5, 0.6) is 0 Å². The van der Waals surface area contributed by atoms with E-state index in [1.165, 1.54) is 12.8 Å². The van der Waals surface area contributed by atoms with Gasteiger partial charge in [-0.2, -0.15) is 5.26 Å². The zero-order chi connectivity index (χ0) is 9.26. The van der Waals surface area contributed by atoms with Crippen LogP contribution in [-0.2, 0) is 4.79 Å². The lowest BCUT2D eigenvalue weighted by molar-refractivity contribution is -0.132. The van der Waals surface area contributed by atoms with Crippen molar-refractivity contribution in [2.75, 3.05) is 13.1 Å². The molecule has 0 aromatic heterocycles. The van der Waals surface area contributed by atoms with E-state index in [-0.39, 0.29) is 5.91 Å². The fourth-order valence-electron chi connectivity index (χ4n) is 1.50. The standard InChI is InChI=1S/C10H12N2O/c11-4-3-9-6-12(7-9)10(13)5-8-1-2-8/h3,8H,1-2,5-7H2. The number of nitriles is 1. The molecule has 1 saturated heterocycles. The van der Waals surface area contributed by atoms with Gasteiger partial charge >= 0.3 is 0 Å². The van der Waals surface area contributed by atoms with Crippen LogP contribution >= 0.6 is 0 Å². The third-order valence-electron chi connectivity index (χ3n) is 2.57. The first-order valence-corrected chi connectivity index (χ1v) is 4.65. The highest BCUT2D eigenvalue weighted by Crippen LogP contribution is 2.33. The van der Waals surface area contributed by atoms with Gasteiger partial charge in [-0.1, -0.05) is 0 Å². The van der Waals surface area contributed by atoms with Crippen molar-refractivity contribution in [3.05, 3.63) is 11.6 Å². The number of amides is 1. The predicted octanol–water partition coefficient (Wildman–Crippen LogP) is 1.08. The highest BCUT2D eigenvalue weighted by Gasteiger charge is 2.30. The van der Waals surface area contributed by atoms with E-state index < -0.39 is 0 Å². The van der Waals surface area contributed by atoms with Crippen molar-refractivity contribution in [2.24, 2.45) is 5.92 Å². The molecule has 0 unspecified atom stereocenters. The summed E-state index contributed by atoms with van der Waals surface area (Å²) in [6, 6.07) is 1.98. The molecule has 1 aliphatic heterocycles. The largest absolute Gasteiger partial charge is 0.334 e. The van der Waals surface area contributed by atoms with Crippen molar-refractivity contribution in [1.82, 2.24) is 4.90 Å². The Hall–Kier alpha value is -1.30. The van der Waals surface area contributed by atoms with Gasteiger partial charge in [-0.15, -0.1) is 0 Å². The quantitative estimate of drug-likeness (QED) is 0.591. The van der Waals surface area contributed by atoms with E-state index in [1.807, 2.05) is 11.0 Å². The van der Waals surface area contributed by atoms with Crippen LogP contribution < -0.4 is 0 Å². The van der Waals surface area contributed by atoms with Gasteiger partial charge < -0.3 is 4.90 Å². The van der Waals surface area contributed by atoms with Crippen LogP contribution in [0.15, 0.2) is 11.6 Å². The summed E-state index contributed by atoms with van der Waals surface area (Å²) < 4.78 is 0. The highest BCUT2D eigenvalue weighted by atomic mass is 16.2. The van der Waals surface area contributed by atoms with Crippen LogP contribution in [0.3, 0.4) is 0 Å². The van der Waals surface area contributed by atoms with Crippen LogP contribution in [0.25, 0.3) is 0 Å². The maximum absolute atomic E-state index is 11.4. The minimum Gasteiger partial charge on any atom is -0.334 e. The van der Waals surface area contributed by atoms with Gasteiger partial charge in [-0.05, 0) is 24.3 Å². The van der Waals surface area contributed by atoms with Gasteiger partial charge in [0.05, 0.1) is 6.07 Å². The van der Waals surface area contributed by atoms with Crippen LogP contribution in [0, 0.1) is 17.2 Å². The van der Waals surface area contributed by atoms with Crippen molar-refractivity contribution < 1.29 is 4.79 Å². The summed E-state index contributed by atoms with van der Waals surface area (Å²) in [7, 11) is 0. The van der Waals surface area contributed by atoms with Crippen molar-refractivity contribution in [2.45, 2.75) is 19.3 Å². The van der Waals surface area contributed by atoms with Gasteiger partial charge in [0.1, 0.15) is 0 Å². The van der Waals surface area contributed by atoms with Crippen molar-refractivity contribution in [3.63, 3.8) is 0 Å². The predicted molar refractivity (Wildman–Crippen MR) is 47.6 cm³/mol. The van der Waals surface area contributed by atoms with Crippen molar-refractivity contribution in [1.29, 1.82) is 5.26 Å². The third-order valence-corrected chi connectivity index (χ3v) is 2.57. The monoisotopic (exact) mass is 176 g/mol. The molecule has 2 fully saturated rings. The van der Waals surface area contributed by atoms with E-state index >= 15 is 0 Å². The smallest absolute Gasteiger partial charge is 0.223 e. The van der Waals surface area contributed by atoms with Gasteiger partial charge in [0.2, 0.25) is 5.91 Å². The second-order valence-electron chi connectivity index (χ2n) is 3.83. The molecule has 2 aliphatic rings. The maximum atomic E-state index is 11.4. The minimum atomic E-state index is 0.262. The molecular formula is C10H12N2O. The molecule has 1 saturated carbocycles. The van der Waals surface area contributed by atoms with Gasteiger partial charge in [0.15, 0.2) is 0 Å². The van der Waals surface area contributed by atoms with E-state index in [9.17, 15) is 4.79 Å². The van der Waals surface area contributed by atoms with Crippen LogP contribution in [-0.4, -0.2) is 23.9 Å². The fraction of sp³-hybridized carbons (Fsp3) is 0.600. The summed E-state index contributed by atoms with van der Waals surface area (Å²) in [5, 5.41) is 8.35. The Balaban J connectivity index is 1.76. The van der Waals surface area contributed by atoms with Gasteiger partial charge in [-0.3, -0.25) is 4.79 Å². The molecule has 0 atom stereocenters. The Bertz CT molecular complexity index is 289. The first-order chi connectivity index (χ1) is 6.29. The molecule has 0 aromatic carbocycles. The molecule has 68 valence electrons. The molecule has 1 aliphatic carbocycles. The van der Waals surface area contributed by atoms with E-state index in [0.717, 1.165) is 12.0 Å². The fourth-order valence-corrected chi connectivity index (χ4v) is 1.50. The summed E-state index contributed by atoms with van der Waals surface area (Å²) in [6.45, 7) is 1.36. The van der Waals surface area contributed by atoms with Gasteiger partial charge in [0, 0.05) is 25.6 Å². The molecular weight excluding hydrogens is 164 g/mol. The van der Waals surface area contributed by atoms with Crippen LogP contribution in [0.4, 0.5) is 0 Å². The summed E-state index contributed by atoms with van der Waals surface area (Å²) in [6.07, 6.45) is 4.71. The van der Waals surface area contributed by atoms with Crippen LogP contribution in [0.2, 0.25) is 0 Å². The molecule has 0 bridgehead atoms. The van der Waals surface area contributed by atoms with E-state index in [0.29, 0.717) is 19.0 Å². The molecule has 0 spiro atoms. The van der Waals surface area contributed by atoms with E-state index in [2.05, 4.69) is 0 Å². The first-order valence-electron chi connectivity index (χ1n) is 4.65. The summed E-state index contributed by atoms with van der Waals surface area (Å²) in [5.41, 5.74) is 1.08. The number of carbonyl (C=O) groups is 1. The highest BCUT2D eigenvalue weighted by molar-refractivity contribution is 5.78. The average Bonchev–Trinajstić information content (AvgIpc) is 2.79. The molecule has 3 nitrogen and oxygen atoms in total. The maximum Gasteiger partial charge on any atom is 0.223 e. The van der Waals surface area contributed by atoms with Gasteiger partial charge in [0.25, 0.3) is 0 Å². The van der Waals surface area contributed by atoms with E-state index in [4.69, 9.17) is 5.26 Å². The average molecular weight is 176 g/mol. The Morgan fingerprint density at radius 2 is 2.31 bits per heavy atom. The first kappa shape index (κ1) is 8.31. The second kappa shape index (κ2) is 3.21. The number of likely N-dealkylation sites (tertiary alicyclic amines) is 1. The molecule has 0 aromatic rings. The van der Waals surface area contributed by atoms with E-state index in [1.54, 1.807) is 6.08 Å². The number of rotatable bonds is 2. The molecule has 0 N–H and O–H groups in total. The lowest BCUT2D eigenvalue weighted by Crippen LogP contribution is -2.44. The topological polar surface area (TPSA) is 44.1 Å². The minimum absolute atomic E-state index is 0.262. The van der Waals surface area contributed by atoms with Crippen molar-refractivity contribution in [3.8, 4) is 6.07 Å².